The molecule has 0 saturated carbocycles. The van der Waals surface area contributed by atoms with Gasteiger partial charge in [-0.05, 0) is 35.8 Å². The number of hydrogen-bond donors (Lipinski definition) is 1. The summed E-state index contributed by atoms with van der Waals surface area (Å²) in [6.45, 7) is 3.37. The topological polar surface area (TPSA) is 55.8 Å². The molecule has 0 aliphatic heterocycles. The summed E-state index contributed by atoms with van der Waals surface area (Å²) in [5.41, 5.74) is 1.23. The summed E-state index contributed by atoms with van der Waals surface area (Å²) in [6, 6.07) is 10.3. The van der Waals surface area contributed by atoms with E-state index < -0.39 is 7.82 Å². The average Bonchev–Trinajstić information content (AvgIpc) is 2.86. The molecule has 0 spiro atoms. The van der Waals surface area contributed by atoms with Crippen molar-refractivity contribution in [1.82, 2.24) is 0 Å². The third-order valence-corrected chi connectivity index (χ3v) is 9.12. The number of phosphoric ester groups is 1. The Balaban J connectivity index is 2.17. The Kier molecular flexibility index (Phi) is 21.0. The SMILES string of the molecule is CCCCCCCCCCCCCCCCSCC(COP(=O)(O)OCC[N+](C)(C)C)Cc1ccccc1. The fourth-order valence-electron chi connectivity index (χ4n) is 4.43. The summed E-state index contributed by atoms with van der Waals surface area (Å²) in [5.74, 6) is 2.24. The summed E-state index contributed by atoms with van der Waals surface area (Å²) in [7, 11) is 2.04. The van der Waals surface area contributed by atoms with Crippen LogP contribution in [0.25, 0.3) is 0 Å². The van der Waals surface area contributed by atoms with Gasteiger partial charge in [0.25, 0.3) is 0 Å². The van der Waals surface area contributed by atoms with Crippen molar-refractivity contribution in [3.8, 4) is 0 Å². The molecular weight excluding hydrogens is 513 g/mol. The zero-order valence-corrected chi connectivity index (χ0v) is 26.8. The number of phosphoric acid groups is 1. The first-order valence-electron chi connectivity index (χ1n) is 15.3. The molecule has 1 N–H and O–H groups in total. The number of hydrogen-bond acceptors (Lipinski definition) is 4. The van der Waals surface area contributed by atoms with Gasteiger partial charge in [-0.3, -0.25) is 9.05 Å². The highest BCUT2D eigenvalue weighted by Gasteiger charge is 2.24. The van der Waals surface area contributed by atoms with Gasteiger partial charge in [-0.15, -0.1) is 0 Å². The summed E-state index contributed by atoms with van der Waals surface area (Å²) in [6.07, 6.45) is 20.2. The molecule has 2 unspecified atom stereocenters. The van der Waals surface area contributed by atoms with Crippen LogP contribution in [-0.4, -0.2) is 61.8 Å². The zero-order valence-electron chi connectivity index (χ0n) is 25.1. The Morgan fingerprint density at radius 3 is 1.87 bits per heavy atom. The number of thioether (sulfide) groups is 1. The van der Waals surface area contributed by atoms with Crippen molar-refractivity contribution in [1.29, 1.82) is 0 Å². The van der Waals surface area contributed by atoms with Crippen LogP contribution >= 0.6 is 19.6 Å². The maximum atomic E-state index is 12.4. The summed E-state index contributed by atoms with van der Waals surface area (Å²) in [4.78, 5) is 10.1. The van der Waals surface area contributed by atoms with Gasteiger partial charge in [0.2, 0.25) is 0 Å². The fourth-order valence-corrected chi connectivity index (χ4v) is 6.34. The Hall–Kier alpha value is -0.360. The van der Waals surface area contributed by atoms with E-state index in [2.05, 4.69) is 19.1 Å². The standard InChI is InChI=1S/C31H58NO4PS/c1-5-6-7-8-9-10-11-12-13-14-15-16-17-21-26-38-29-31(27-30-22-19-18-20-23-30)28-36-37(33,34)35-25-24-32(2,3)4/h18-20,22-23,31H,5-17,21,24-29H2,1-4H3/p+1. The van der Waals surface area contributed by atoms with E-state index in [4.69, 9.17) is 9.05 Å². The first-order valence-corrected chi connectivity index (χ1v) is 17.9. The van der Waals surface area contributed by atoms with Gasteiger partial charge in [-0.1, -0.05) is 121 Å². The number of nitrogens with zero attached hydrogens (tertiary/aromatic N) is 1. The lowest BCUT2D eigenvalue weighted by Crippen LogP contribution is -2.37. The van der Waals surface area contributed by atoms with Crippen LogP contribution in [0.2, 0.25) is 0 Å². The molecule has 2 atom stereocenters. The molecule has 5 nitrogen and oxygen atoms in total. The lowest BCUT2D eigenvalue weighted by molar-refractivity contribution is -0.870. The van der Waals surface area contributed by atoms with Gasteiger partial charge in [0, 0.05) is 0 Å². The largest absolute Gasteiger partial charge is 0.472 e. The Morgan fingerprint density at radius 1 is 0.816 bits per heavy atom. The van der Waals surface area contributed by atoms with Crippen molar-refractivity contribution in [2.75, 3.05) is 52.4 Å². The molecule has 0 amide bonds. The average molecular weight is 573 g/mol. The van der Waals surface area contributed by atoms with Crippen molar-refractivity contribution >= 4 is 19.6 Å². The molecule has 1 aromatic rings. The van der Waals surface area contributed by atoms with Gasteiger partial charge in [-0.2, -0.15) is 11.8 Å². The van der Waals surface area contributed by atoms with E-state index in [9.17, 15) is 9.46 Å². The predicted molar refractivity (Wildman–Crippen MR) is 166 cm³/mol. The molecule has 0 saturated heterocycles. The molecule has 0 heterocycles. The predicted octanol–water partition coefficient (Wildman–Crippen LogP) is 8.90. The summed E-state index contributed by atoms with van der Waals surface area (Å²) in [5, 5.41) is 0. The van der Waals surface area contributed by atoms with Gasteiger partial charge in [0.1, 0.15) is 13.2 Å². The second-order valence-corrected chi connectivity index (χ2v) is 14.4. The molecule has 0 aliphatic rings. The zero-order chi connectivity index (χ0) is 28.0. The molecule has 1 rings (SSSR count). The van der Waals surface area contributed by atoms with Gasteiger partial charge in [0.05, 0.1) is 27.7 Å². The normalized spacial score (nSPS) is 14.4. The number of quaternary nitrogens is 1. The molecule has 0 radical (unpaired) electrons. The molecule has 222 valence electrons. The Morgan fingerprint density at radius 2 is 1.34 bits per heavy atom. The highest BCUT2D eigenvalue weighted by molar-refractivity contribution is 7.99. The van der Waals surface area contributed by atoms with Crippen LogP contribution in [0.5, 0.6) is 0 Å². The van der Waals surface area contributed by atoms with E-state index in [0.717, 1.165) is 17.9 Å². The molecule has 7 heteroatoms. The molecule has 0 aromatic heterocycles. The van der Waals surface area contributed by atoms with E-state index in [1.54, 1.807) is 0 Å². The van der Waals surface area contributed by atoms with Gasteiger partial charge < -0.3 is 9.38 Å². The number of benzene rings is 1. The van der Waals surface area contributed by atoms with Crippen LogP contribution in [-0.2, 0) is 20.0 Å². The summed E-state index contributed by atoms with van der Waals surface area (Å²) >= 11 is 1.94. The van der Waals surface area contributed by atoms with E-state index >= 15 is 0 Å². The van der Waals surface area contributed by atoms with Gasteiger partial charge in [-0.25, -0.2) is 4.57 Å². The quantitative estimate of drug-likeness (QED) is 0.0682. The minimum absolute atomic E-state index is 0.177. The van der Waals surface area contributed by atoms with E-state index in [-0.39, 0.29) is 19.1 Å². The molecule has 38 heavy (non-hydrogen) atoms. The van der Waals surface area contributed by atoms with Crippen molar-refractivity contribution in [3.63, 3.8) is 0 Å². The van der Waals surface area contributed by atoms with Crippen LogP contribution in [0.15, 0.2) is 30.3 Å². The maximum absolute atomic E-state index is 12.4. The van der Waals surface area contributed by atoms with Gasteiger partial charge in [0.15, 0.2) is 0 Å². The van der Waals surface area contributed by atoms with E-state index in [1.807, 2.05) is 51.1 Å². The molecule has 0 aliphatic carbocycles. The van der Waals surface area contributed by atoms with Crippen LogP contribution in [0.4, 0.5) is 0 Å². The number of likely N-dealkylation sites (N-methyl/N-ethyl adjacent to an activating group) is 1. The molecule has 0 fully saturated rings. The lowest BCUT2D eigenvalue weighted by atomic mass is 10.0. The van der Waals surface area contributed by atoms with Crippen molar-refractivity contribution < 1.29 is 23.0 Å². The first kappa shape index (κ1) is 35.7. The van der Waals surface area contributed by atoms with Crippen molar-refractivity contribution in [3.05, 3.63) is 35.9 Å². The second kappa shape index (κ2) is 22.3. The minimum atomic E-state index is -4.03. The highest BCUT2D eigenvalue weighted by Crippen LogP contribution is 2.43. The van der Waals surface area contributed by atoms with E-state index in [1.165, 1.54) is 95.5 Å². The summed E-state index contributed by atoms with van der Waals surface area (Å²) < 4.78 is 23.7. The molecular formula is C31H59NO4PS+. The minimum Gasteiger partial charge on any atom is -0.329 e. The second-order valence-electron chi connectivity index (χ2n) is 11.8. The van der Waals surface area contributed by atoms with Crippen LogP contribution in [0.3, 0.4) is 0 Å². The Labute approximate surface area is 239 Å². The first-order chi connectivity index (χ1) is 18.2. The van der Waals surface area contributed by atoms with Crippen LogP contribution in [0.1, 0.15) is 102 Å². The number of rotatable bonds is 26. The third kappa shape index (κ3) is 22.5. The lowest BCUT2D eigenvalue weighted by Gasteiger charge is -2.24. The third-order valence-electron chi connectivity index (χ3n) is 6.85. The van der Waals surface area contributed by atoms with Crippen molar-refractivity contribution in [2.45, 2.75) is 103 Å². The van der Waals surface area contributed by atoms with Crippen molar-refractivity contribution in [2.24, 2.45) is 5.92 Å². The number of unbranched alkanes of at least 4 members (excludes halogenated alkanes) is 13. The van der Waals surface area contributed by atoms with Crippen LogP contribution < -0.4 is 0 Å². The monoisotopic (exact) mass is 572 g/mol. The molecule has 0 bridgehead atoms. The van der Waals surface area contributed by atoms with Gasteiger partial charge >= 0.3 is 7.82 Å². The highest BCUT2D eigenvalue weighted by atomic mass is 32.2. The smallest absolute Gasteiger partial charge is 0.329 e. The Bertz CT molecular complexity index is 714. The van der Waals surface area contributed by atoms with Crippen LogP contribution in [0, 0.1) is 5.92 Å². The fraction of sp³-hybridized carbons (Fsp3) is 0.806. The molecule has 1 aromatic carbocycles. The van der Waals surface area contributed by atoms with E-state index in [0.29, 0.717) is 11.0 Å². The maximum Gasteiger partial charge on any atom is 0.472 e.